The van der Waals surface area contributed by atoms with E-state index in [1.165, 1.54) is 11.1 Å². The quantitative estimate of drug-likeness (QED) is 0.627. The van der Waals surface area contributed by atoms with E-state index < -0.39 is 0 Å². The fraction of sp³-hybridized carbons (Fsp3) is 0.318. The molecule has 0 unspecified atom stereocenters. The average molecular weight is 338 g/mol. The van der Waals surface area contributed by atoms with E-state index in [-0.39, 0.29) is 7.43 Å². The Morgan fingerprint density at radius 1 is 0.640 bits per heavy atom. The molecule has 0 atom stereocenters. The van der Waals surface area contributed by atoms with E-state index in [4.69, 9.17) is 0 Å². The molecule has 3 aromatic heterocycles. The van der Waals surface area contributed by atoms with Crippen molar-refractivity contribution in [2.75, 3.05) is 0 Å². The number of aryl methyl sites for hydroxylation is 3. The molecule has 0 N–H and O–H groups in total. The first-order chi connectivity index (χ1) is 11.8. The maximum Gasteiger partial charge on any atom is 0.0400 e. The Morgan fingerprint density at radius 3 is 1.72 bits per heavy atom. The Labute approximate surface area is 153 Å². The molecule has 0 radical (unpaired) electrons. The van der Waals surface area contributed by atoms with Crippen LogP contribution in [0.4, 0.5) is 0 Å². The highest BCUT2D eigenvalue weighted by molar-refractivity contribution is 5.08. The van der Waals surface area contributed by atoms with E-state index in [1.807, 2.05) is 61.2 Å². The Hall–Kier alpha value is -2.55. The standard InChI is InChI=1S/3C7H9N.CH4/c1-2-7-3-5-8-6-4-7;1-2-7-4-3-5-8-6-7;1-2-7-5-3-4-6-8-7;/h3*3-6H,2H2,1H3;1H4. The zero-order valence-corrected chi connectivity index (χ0v) is 14.9. The van der Waals surface area contributed by atoms with Crippen LogP contribution in [0.3, 0.4) is 0 Å². The van der Waals surface area contributed by atoms with Crippen LogP contribution in [0.5, 0.6) is 0 Å². The van der Waals surface area contributed by atoms with Gasteiger partial charge in [0.25, 0.3) is 0 Å². The smallest absolute Gasteiger partial charge is 0.0400 e. The number of rotatable bonds is 3. The lowest BCUT2D eigenvalue weighted by atomic mass is 10.2. The minimum atomic E-state index is 0. The SMILES string of the molecule is C.CCc1ccccn1.CCc1cccnc1.CCc1ccncc1. The molecule has 0 aliphatic rings. The van der Waals surface area contributed by atoms with Crippen molar-refractivity contribution in [2.24, 2.45) is 0 Å². The molecule has 25 heavy (non-hydrogen) atoms. The van der Waals surface area contributed by atoms with Crippen molar-refractivity contribution < 1.29 is 0 Å². The summed E-state index contributed by atoms with van der Waals surface area (Å²) < 4.78 is 0. The van der Waals surface area contributed by atoms with Crippen molar-refractivity contribution in [2.45, 2.75) is 47.5 Å². The number of hydrogen-bond donors (Lipinski definition) is 0. The Morgan fingerprint density at radius 2 is 1.36 bits per heavy atom. The number of pyridine rings is 3. The fourth-order valence-electron chi connectivity index (χ4n) is 1.83. The molecular formula is C22H31N3. The van der Waals surface area contributed by atoms with Gasteiger partial charge in [0.05, 0.1) is 0 Å². The van der Waals surface area contributed by atoms with E-state index in [9.17, 15) is 0 Å². The van der Waals surface area contributed by atoms with Gasteiger partial charge in [-0.3, -0.25) is 15.0 Å². The molecule has 0 saturated carbocycles. The minimum absolute atomic E-state index is 0. The topological polar surface area (TPSA) is 38.7 Å². The molecule has 0 aliphatic carbocycles. The lowest BCUT2D eigenvalue weighted by Gasteiger charge is -1.89. The first kappa shape index (κ1) is 22.4. The van der Waals surface area contributed by atoms with E-state index in [1.54, 1.807) is 6.20 Å². The van der Waals surface area contributed by atoms with Gasteiger partial charge in [0.15, 0.2) is 0 Å². The summed E-state index contributed by atoms with van der Waals surface area (Å²) in [6.07, 6.45) is 12.3. The van der Waals surface area contributed by atoms with Gasteiger partial charge in [-0.1, -0.05) is 40.3 Å². The Kier molecular flexibility index (Phi) is 13.5. The summed E-state index contributed by atoms with van der Waals surface area (Å²) in [5.74, 6) is 0. The van der Waals surface area contributed by atoms with Gasteiger partial charge < -0.3 is 0 Å². The molecule has 0 aromatic carbocycles. The van der Waals surface area contributed by atoms with Crippen molar-refractivity contribution in [1.29, 1.82) is 0 Å². The van der Waals surface area contributed by atoms with Gasteiger partial charge in [-0.2, -0.15) is 0 Å². The molecule has 0 fully saturated rings. The summed E-state index contributed by atoms with van der Waals surface area (Å²) in [6.45, 7) is 6.36. The monoisotopic (exact) mass is 337 g/mol. The second-order valence-electron chi connectivity index (χ2n) is 5.10. The van der Waals surface area contributed by atoms with Crippen molar-refractivity contribution in [3.8, 4) is 0 Å². The molecule has 0 bridgehead atoms. The maximum atomic E-state index is 4.10. The maximum absolute atomic E-state index is 4.10. The fourth-order valence-corrected chi connectivity index (χ4v) is 1.83. The van der Waals surface area contributed by atoms with Gasteiger partial charge in [0, 0.05) is 36.7 Å². The highest BCUT2D eigenvalue weighted by Crippen LogP contribution is 1.95. The second kappa shape index (κ2) is 15.0. The minimum Gasteiger partial charge on any atom is -0.265 e. The summed E-state index contributed by atoms with van der Waals surface area (Å²) in [4.78, 5) is 11.9. The van der Waals surface area contributed by atoms with Crippen molar-refractivity contribution in [1.82, 2.24) is 15.0 Å². The molecule has 3 heteroatoms. The van der Waals surface area contributed by atoms with E-state index in [2.05, 4.69) is 41.8 Å². The first-order valence-corrected chi connectivity index (χ1v) is 8.47. The molecule has 0 aliphatic heterocycles. The highest BCUT2D eigenvalue weighted by Gasteiger charge is 1.82. The largest absolute Gasteiger partial charge is 0.265 e. The zero-order chi connectivity index (χ0) is 17.5. The Bertz CT molecular complexity index is 531. The molecule has 3 rings (SSSR count). The summed E-state index contributed by atoms with van der Waals surface area (Å²) >= 11 is 0. The second-order valence-corrected chi connectivity index (χ2v) is 5.10. The Balaban J connectivity index is 0.000000339. The van der Waals surface area contributed by atoms with Crippen molar-refractivity contribution in [3.05, 3.63) is 90.3 Å². The molecule has 134 valence electrons. The molecule has 3 heterocycles. The zero-order valence-electron chi connectivity index (χ0n) is 14.9. The predicted octanol–water partition coefficient (Wildman–Crippen LogP) is 5.57. The third-order valence-electron chi connectivity index (χ3n) is 3.38. The normalized spacial score (nSPS) is 8.76. The van der Waals surface area contributed by atoms with Crippen LogP contribution in [0, 0.1) is 0 Å². The van der Waals surface area contributed by atoms with Gasteiger partial charge in [-0.25, -0.2) is 0 Å². The van der Waals surface area contributed by atoms with Gasteiger partial charge in [-0.15, -0.1) is 0 Å². The van der Waals surface area contributed by atoms with E-state index in [0.717, 1.165) is 25.0 Å². The lowest BCUT2D eigenvalue weighted by molar-refractivity contribution is 1.04. The molecule has 3 aromatic rings. The van der Waals surface area contributed by atoms with Crippen LogP contribution >= 0.6 is 0 Å². The predicted molar refractivity (Wildman–Crippen MR) is 108 cm³/mol. The summed E-state index contributed by atoms with van der Waals surface area (Å²) in [7, 11) is 0. The molecular weight excluding hydrogens is 306 g/mol. The highest BCUT2D eigenvalue weighted by atomic mass is 14.7. The number of aromatic nitrogens is 3. The average Bonchev–Trinajstić information content (AvgIpc) is 2.71. The molecule has 3 nitrogen and oxygen atoms in total. The van der Waals surface area contributed by atoms with Crippen molar-refractivity contribution in [3.63, 3.8) is 0 Å². The van der Waals surface area contributed by atoms with Crippen LogP contribution in [0.2, 0.25) is 0 Å². The summed E-state index contributed by atoms with van der Waals surface area (Å²) in [6, 6.07) is 14.1. The molecule has 0 spiro atoms. The molecule has 0 amide bonds. The number of hydrogen-bond acceptors (Lipinski definition) is 3. The van der Waals surface area contributed by atoms with Crippen LogP contribution in [-0.2, 0) is 19.3 Å². The number of nitrogens with zero attached hydrogens (tertiary/aromatic N) is 3. The third-order valence-corrected chi connectivity index (χ3v) is 3.38. The van der Waals surface area contributed by atoms with Crippen LogP contribution in [0.15, 0.2) is 73.4 Å². The summed E-state index contributed by atoms with van der Waals surface area (Å²) in [5, 5.41) is 0. The lowest BCUT2D eigenvalue weighted by Crippen LogP contribution is -1.81. The van der Waals surface area contributed by atoms with Gasteiger partial charge in [0.1, 0.15) is 0 Å². The van der Waals surface area contributed by atoms with Crippen LogP contribution < -0.4 is 0 Å². The molecule has 0 saturated heterocycles. The van der Waals surface area contributed by atoms with E-state index in [0.29, 0.717) is 0 Å². The first-order valence-electron chi connectivity index (χ1n) is 8.47. The van der Waals surface area contributed by atoms with Crippen LogP contribution in [0.25, 0.3) is 0 Å². The van der Waals surface area contributed by atoms with Crippen molar-refractivity contribution >= 4 is 0 Å². The van der Waals surface area contributed by atoms with Crippen LogP contribution in [-0.4, -0.2) is 15.0 Å². The third kappa shape index (κ3) is 10.8. The van der Waals surface area contributed by atoms with E-state index >= 15 is 0 Å². The van der Waals surface area contributed by atoms with Gasteiger partial charge >= 0.3 is 0 Å². The van der Waals surface area contributed by atoms with Gasteiger partial charge in [0.2, 0.25) is 0 Å². The van der Waals surface area contributed by atoms with Crippen LogP contribution in [0.1, 0.15) is 45.0 Å². The van der Waals surface area contributed by atoms with Gasteiger partial charge in [-0.05, 0) is 60.7 Å². The summed E-state index contributed by atoms with van der Waals surface area (Å²) in [5.41, 5.74) is 3.81.